The molecule has 4 heteroatoms. The minimum absolute atomic E-state index is 0.308. The average molecular weight is 232 g/mol. The molecule has 0 bridgehead atoms. The van der Waals surface area contributed by atoms with Crippen LogP contribution in [0.1, 0.15) is 31.2 Å². The summed E-state index contributed by atoms with van der Waals surface area (Å²) in [6.07, 6.45) is 9.65. The van der Waals surface area contributed by atoms with E-state index in [9.17, 15) is 5.02 Å². The van der Waals surface area contributed by atoms with Gasteiger partial charge in [-0.1, -0.05) is 6.42 Å². The summed E-state index contributed by atoms with van der Waals surface area (Å²) in [4.78, 5) is 6.27. The summed E-state index contributed by atoms with van der Waals surface area (Å²) in [6, 6.07) is 4.70. The van der Waals surface area contributed by atoms with E-state index in [0.29, 0.717) is 6.04 Å². The number of nitrogens with zero attached hydrogens (tertiary/aromatic N) is 2. The lowest BCUT2D eigenvalue weighted by molar-refractivity contribution is 0.215. The van der Waals surface area contributed by atoms with E-state index in [4.69, 9.17) is 0 Å². The van der Waals surface area contributed by atoms with E-state index in [0.717, 1.165) is 19.4 Å². The van der Waals surface area contributed by atoms with Gasteiger partial charge in [-0.15, -0.1) is 0 Å². The van der Waals surface area contributed by atoms with Crippen molar-refractivity contribution in [2.75, 3.05) is 6.54 Å². The minimum Gasteiger partial charge on any atom is -0.437 e. The van der Waals surface area contributed by atoms with E-state index in [2.05, 4.69) is 21.9 Å². The molecule has 2 heterocycles. The van der Waals surface area contributed by atoms with Gasteiger partial charge in [0, 0.05) is 18.4 Å². The lowest BCUT2D eigenvalue weighted by Crippen LogP contribution is -2.48. The number of hydrogen-bond donors (Lipinski definition) is 1. The van der Waals surface area contributed by atoms with Crippen LogP contribution in [0.25, 0.3) is 0 Å². The van der Waals surface area contributed by atoms with E-state index < -0.39 is 0 Å². The zero-order chi connectivity index (χ0) is 12.1. The molecule has 1 atom stereocenters. The SMILES string of the molecule is CB(O)N1CCCCC1CCc1ccncc1. The van der Waals surface area contributed by atoms with Gasteiger partial charge in [0.05, 0.1) is 0 Å². The Morgan fingerprint density at radius 2 is 2.18 bits per heavy atom. The lowest BCUT2D eigenvalue weighted by Gasteiger charge is -2.36. The Labute approximate surface area is 104 Å². The summed E-state index contributed by atoms with van der Waals surface area (Å²) >= 11 is 0. The Bertz CT molecular complexity index is 331. The quantitative estimate of drug-likeness (QED) is 0.806. The second-order valence-electron chi connectivity index (χ2n) is 4.91. The van der Waals surface area contributed by atoms with Gasteiger partial charge >= 0.3 is 7.05 Å². The molecule has 1 N–H and O–H groups in total. The summed E-state index contributed by atoms with van der Waals surface area (Å²) in [5, 5.41) is 9.76. The molecule has 1 aromatic heterocycles. The number of rotatable bonds is 4. The zero-order valence-electron chi connectivity index (χ0n) is 10.5. The van der Waals surface area contributed by atoms with Gasteiger partial charge in [-0.25, -0.2) is 0 Å². The van der Waals surface area contributed by atoms with Gasteiger partial charge in [0.25, 0.3) is 0 Å². The van der Waals surface area contributed by atoms with Gasteiger partial charge in [-0.2, -0.15) is 0 Å². The normalized spacial score (nSPS) is 21.4. The van der Waals surface area contributed by atoms with Crippen molar-refractivity contribution < 1.29 is 5.02 Å². The fourth-order valence-corrected chi connectivity index (χ4v) is 2.71. The molecule has 1 aliphatic heterocycles. The van der Waals surface area contributed by atoms with Gasteiger partial charge in [-0.3, -0.25) is 4.98 Å². The molecule has 0 amide bonds. The molecule has 0 radical (unpaired) electrons. The smallest absolute Gasteiger partial charge is 0.376 e. The van der Waals surface area contributed by atoms with Crippen LogP contribution in [0.5, 0.6) is 0 Å². The van der Waals surface area contributed by atoms with Crippen LogP contribution in [0.15, 0.2) is 24.5 Å². The monoisotopic (exact) mass is 232 g/mol. The third kappa shape index (κ3) is 3.55. The van der Waals surface area contributed by atoms with Crippen molar-refractivity contribution in [3.05, 3.63) is 30.1 Å². The van der Waals surface area contributed by atoms with Crippen molar-refractivity contribution in [2.24, 2.45) is 0 Å². The topological polar surface area (TPSA) is 36.4 Å². The Kier molecular flexibility index (Phi) is 4.57. The highest BCUT2D eigenvalue weighted by atomic mass is 16.2. The first-order valence-corrected chi connectivity index (χ1v) is 6.60. The van der Waals surface area contributed by atoms with Crippen LogP contribution in [0.4, 0.5) is 0 Å². The molecule has 0 aromatic carbocycles. The number of hydrogen-bond acceptors (Lipinski definition) is 3. The third-order valence-corrected chi connectivity index (χ3v) is 3.67. The molecule has 1 aromatic rings. The molecular weight excluding hydrogens is 211 g/mol. The van der Waals surface area contributed by atoms with Crippen LogP contribution < -0.4 is 0 Å². The van der Waals surface area contributed by atoms with Gasteiger partial charge in [0.1, 0.15) is 0 Å². The number of aryl methyl sites for hydroxylation is 1. The van der Waals surface area contributed by atoms with Gasteiger partial charge in [0.2, 0.25) is 0 Å². The van der Waals surface area contributed by atoms with Crippen molar-refractivity contribution in [1.82, 2.24) is 9.79 Å². The molecule has 2 rings (SSSR count). The summed E-state index contributed by atoms with van der Waals surface area (Å²) in [7, 11) is -0.308. The maximum atomic E-state index is 9.76. The first-order chi connectivity index (χ1) is 8.27. The Hall–Kier alpha value is -0.865. The van der Waals surface area contributed by atoms with Crippen molar-refractivity contribution in [3.63, 3.8) is 0 Å². The fraction of sp³-hybridized carbons (Fsp3) is 0.615. The summed E-state index contributed by atoms with van der Waals surface area (Å²) in [5.74, 6) is 0. The first-order valence-electron chi connectivity index (χ1n) is 6.60. The maximum Gasteiger partial charge on any atom is 0.376 e. The average Bonchev–Trinajstić information content (AvgIpc) is 2.38. The minimum atomic E-state index is -0.308. The molecule has 0 spiro atoms. The molecule has 1 saturated heterocycles. The van der Waals surface area contributed by atoms with Crippen LogP contribution in [0.3, 0.4) is 0 Å². The number of aromatic nitrogens is 1. The Morgan fingerprint density at radius 1 is 1.41 bits per heavy atom. The highest BCUT2D eigenvalue weighted by Gasteiger charge is 2.27. The van der Waals surface area contributed by atoms with Gasteiger partial charge in [0.15, 0.2) is 0 Å². The molecule has 1 aliphatic rings. The largest absolute Gasteiger partial charge is 0.437 e. The maximum absolute atomic E-state index is 9.76. The molecular formula is C13H21BN2O. The summed E-state index contributed by atoms with van der Waals surface area (Å²) in [6.45, 7) is 2.92. The fourth-order valence-electron chi connectivity index (χ4n) is 2.71. The van der Waals surface area contributed by atoms with Crippen LogP contribution in [0, 0.1) is 0 Å². The third-order valence-electron chi connectivity index (χ3n) is 3.67. The lowest BCUT2D eigenvalue weighted by atomic mass is 9.78. The standard InChI is InChI=1S/C13H21BN2O/c1-14(17)16-11-3-2-4-13(16)6-5-12-7-9-15-10-8-12/h7-10,13,17H,2-6,11H2,1H3. The molecule has 1 unspecified atom stereocenters. The second-order valence-corrected chi connectivity index (χ2v) is 4.91. The van der Waals surface area contributed by atoms with Crippen LogP contribution >= 0.6 is 0 Å². The summed E-state index contributed by atoms with van der Waals surface area (Å²) in [5.41, 5.74) is 1.34. The van der Waals surface area contributed by atoms with Crippen molar-refractivity contribution in [3.8, 4) is 0 Å². The molecule has 3 nitrogen and oxygen atoms in total. The molecule has 92 valence electrons. The zero-order valence-corrected chi connectivity index (χ0v) is 10.5. The number of pyridine rings is 1. The van der Waals surface area contributed by atoms with E-state index >= 15 is 0 Å². The van der Waals surface area contributed by atoms with E-state index in [1.54, 1.807) is 0 Å². The van der Waals surface area contributed by atoms with E-state index in [1.165, 1.54) is 24.8 Å². The van der Waals surface area contributed by atoms with Crippen molar-refractivity contribution in [1.29, 1.82) is 0 Å². The van der Waals surface area contributed by atoms with Gasteiger partial charge in [-0.05, 0) is 56.7 Å². The molecule has 17 heavy (non-hydrogen) atoms. The van der Waals surface area contributed by atoms with Crippen molar-refractivity contribution in [2.45, 2.75) is 45.0 Å². The summed E-state index contributed by atoms with van der Waals surface area (Å²) < 4.78 is 0. The Balaban J connectivity index is 1.88. The van der Waals surface area contributed by atoms with Gasteiger partial charge < -0.3 is 9.83 Å². The van der Waals surface area contributed by atoms with Crippen molar-refractivity contribution >= 4 is 7.05 Å². The predicted molar refractivity (Wildman–Crippen MR) is 70.7 cm³/mol. The van der Waals surface area contributed by atoms with Crippen LogP contribution in [-0.4, -0.2) is 34.5 Å². The molecule has 0 aliphatic carbocycles. The van der Waals surface area contributed by atoms with E-state index in [1.807, 2.05) is 19.2 Å². The number of piperidine rings is 1. The molecule has 0 saturated carbocycles. The Morgan fingerprint density at radius 3 is 2.88 bits per heavy atom. The molecule has 1 fully saturated rings. The predicted octanol–water partition coefficient (Wildman–Crippen LogP) is 1.98. The van der Waals surface area contributed by atoms with Crippen LogP contribution in [0.2, 0.25) is 6.82 Å². The highest BCUT2D eigenvalue weighted by molar-refractivity contribution is 6.45. The highest BCUT2D eigenvalue weighted by Crippen LogP contribution is 2.21. The van der Waals surface area contributed by atoms with Crippen LogP contribution in [-0.2, 0) is 6.42 Å². The van der Waals surface area contributed by atoms with E-state index in [-0.39, 0.29) is 7.05 Å². The second kappa shape index (κ2) is 6.17. The first kappa shape index (κ1) is 12.6.